The third kappa shape index (κ3) is 5.04. The van der Waals surface area contributed by atoms with Gasteiger partial charge in [0, 0.05) is 32.8 Å². The predicted octanol–water partition coefficient (Wildman–Crippen LogP) is 12.4. The Hall–Kier alpha value is -6.91. The van der Waals surface area contributed by atoms with E-state index in [2.05, 4.69) is 152 Å². The van der Waals surface area contributed by atoms with Gasteiger partial charge in [-0.15, -0.1) is 0 Å². The third-order valence-corrected chi connectivity index (χ3v) is 9.74. The Balaban J connectivity index is 1.17. The van der Waals surface area contributed by atoms with Crippen molar-refractivity contribution in [1.82, 2.24) is 15.0 Å². The minimum atomic E-state index is 0.616. The number of fused-ring (bicyclic) bond motifs is 8. The zero-order chi connectivity index (χ0) is 33.7. The Morgan fingerprint density at radius 3 is 1.29 bits per heavy atom. The normalized spacial score (nSPS) is 11.5. The van der Waals surface area contributed by atoms with Crippen molar-refractivity contribution in [1.29, 1.82) is 0 Å². The lowest BCUT2D eigenvalue weighted by atomic mass is 9.95. The van der Waals surface area contributed by atoms with E-state index < -0.39 is 0 Å². The molecule has 0 aliphatic carbocycles. The number of nitrogens with zero attached hydrogens (tertiary/aromatic N) is 3. The molecule has 4 nitrogen and oxygen atoms in total. The van der Waals surface area contributed by atoms with Crippen LogP contribution >= 0.6 is 0 Å². The fourth-order valence-corrected chi connectivity index (χ4v) is 7.19. The lowest BCUT2D eigenvalue weighted by molar-refractivity contribution is 0.673. The molecule has 0 spiro atoms. The highest BCUT2D eigenvalue weighted by atomic mass is 16.3. The van der Waals surface area contributed by atoms with E-state index in [1.807, 2.05) is 24.3 Å². The lowest BCUT2D eigenvalue weighted by Crippen LogP contribution is -2.00. The van der Waals surface area contributed by atoms with E-state index in [-0.39, 0.29) is 0 Å². The molecule has 2 heterocycles. The largest absolute Gasteiger partial charge is 0.455 e. The second-order valence-corrected chi connectivity index (χ2v) is 12.8. The molecule has 0 aliphatic rings. The molecule has 2 aromatic heterocycles. The monoisotopic (exact) mass is 651 g/mol. The first kappa shape index (κ1) is 29.0. The number of hydrogen-bond donors (Lipinski definition) is 0. The van der Waals surface area contributed by atoms with Crippen LogP contribution < -0.4 is 0 Å². The summed E-state index contributed by atoms with van der Waals surface area (Å²) in [5, 5.41) is 6.72. The maximum absolute atomic E-state index is 6.52. The number of rotatable bonds is 5. The summed E-state index contributed by atoms with van der Waals surface area (Å²) in [6, 6.07) is 61.0. The second kappa shape index (κ2) is 11.9. The van der Waals surface area contributed by atoms with Gasteiger partial charge < -0.3 is 4.42 Å². The van der Waals surface area contributed by atoms with E-state index in [0.717, 1.165) is 71.3 Å². The molecule has 238 valence electrons. The molecule has 0 saturated heterocycles. The van der Waals surface area contributed by atoms with Gasteiger partial charge in [-0.05, 0) is 50.5 Å². The maximum Gasteiger partial charge on any atom is 0.164 e. The first-order valence-corrected chi connectivity index (χ1v) is 17.1. The van der Waals surface area contributed by atoms with Crippen molar-refractivity contribution in [2.75, 3.05) is 0 Å². The standard InChI is InChI=1S/C47H29N3O/c1-3-11-30(12-4-1)32-19-23-34(24-20-32)45-48-46(35-25-21-33(22-26-35)31-13-5-2-6-14-31)50-47(49-45)36-27-28-38-37-15-7-8-16-39(37)44-43(41(38)29-36)40-17-9-10-18-42(40)51-44/h1-29H. The number of para-hydroxylation sites is 1. The van der Waals surface area contributed by atoms with Gasteiger partial charge in [0.05, 0.1) is 0 Å². The average Bonchev–Trinajstić information content (AvgIpc) is 3.62. The molecule has 0 saturated carbocycles. The molecule has 4 heteroatoms. The van der Waals surface area contributed by atoms with Gasteiger partial charge in [-0.1, -0.05) is 164 Å². The maximum atomic E-state index is 6.52. The van der Waals surface area contributed by atoms with Crippen LogP contribution in [0.1, 0.15) is 0 Å². The minimum Gasteiger partial charge on any atom is -0.455 e. The van der Waals surface area contributed by atoms with Crippen molar-refractivity contribution in [3.8, 4) is 56.4 Å². The first-order valence-electron chi connectivity index (χ1n) is 17.1. The van der Waals surface area contributed by atoms with Crippen LogP contribution in [0, 0.1) is 0 Å². The van der Waals surface area contributed by atoms with Gasteiger partial charge in [-0.25, -0.2) is 15.0 Å². The molecular weight excluding hydrogens is 623 g/mol. The highest BCUT2D eigenvalue weighted by molar-refractivity contribution is 6.30. The molecule has 0 amide bonds. The highest BCUT2D eigenvalue weighted by Crippen LogP contribution is 2.42. The predicted molar refractivity (Wildman–Crippen MR) is 209 cm³/mol. The number of aromatic nitrogens is 3. The number of hydrogen-bond acceptors (Lipinski definition) is 4. The Kier molecular flexibility index (Phi) is 6.78. The van der Waals surface area contributed by atoms with Crippen LogP contribution in [0.2, 0.25) is 0 Å². The number of benzene rings is 8. The molecule has 0 aliphatic heterocycles. The van der Waals surface area contributed by atoms with E-state index >= 15 is 0 Å². The minimum absolute atomic E-state index is 0.616. The smallest absolute Gasteiger partial charge is 0.164 e. The summed E-state index contributed by atoms with van der Waals surface area (Å²) in [7, 11) is 0. The van der Waals surface area contributed by atoms with Crippen LogP contribution in [0.25, 0.3) is 99.9 Å². The van der Waals surface area contributed by atoms with Crippen molar-refractivity contribution in [2.24, 2.45) is 0 Å². The molecule has 51 heavy (non-hydrogen) atoms. The first-order chi connectivity index (χ1) is 25.3. The average molecular weight is 652 g/mol. The molecule has 0 N–H and O–H groups in total. The summed E-state index contributed by atoms with van der Waals surface area (Å²) in [6.07, 6.45) is 0. The summed E-state index contributed by atoms with van der Waals surface area (Å²) in [5.74, 6) is 1.86. The molecule has 0 radical (unpaired) electrons. The van der Waals surface area contributed by atoms with Crippen molar-refractivity contribution >= 4 is 43.5 Å². The van der Waals surface area contributed by atoms with Gasteiger partial charge in [0.2, 0.25) is 0 Å². The van der Waals surface area contributed by atoms with Gasteiger partial charge in [0.1, 0.15) is 11.2 Å². The van der Waals surface area contributed by atoms with Crippen LogP contribution in [0.15, 0.2) is 180 Å². The van der Waals surface area contributed by atoms with Crippen molar-refractivity contribution in [3.63, 3.8) is 0 Å². The third-order valence-electron chi connectivity index (χ3n) is 9.74. The molecular formula is C47H29N3O. The molecule has 0 bridgehead atoms. The summed E-state index contributed by atoms with van der Waals surface area (Å²) >= 11 is 0. The summed E-state index contributed by atoms with van der Waals surface area (Å²) in [5.41, 5.74) is 9.15. The molecule has 10 rings (SSSR count). The topological polar surface area (TPSA) is 51.8 Å². The fraction of sp³-hybridized carbons (Fsp3) is 0. The lowest BCUT2D eigenvalue weighted by Gasteiger charge is -2.11. The van der Waals surface area contributed by atoms with Crippen LogP contribution in [-0.4, -0.2) is 15.0 Å². The summed E-state index contributed by atoms with van der Waals surface area (Å²) < 4.78 is 6.52. The van der Waals surface area contributed by atoms with E-state index in [9.17, 15) is 0 Å². The molecule has 8 aromatic carbocycles. The zero-order valence-corrected chi connectivity index (χ0v) is 27.5. The van der Waals surface area contributed by atoms with Gasteiger partial charge in [-0.3, -0.25) is 0 Å². The van der Waals surface area contributed by atoms with Crippen LogP contribution in [0.3, 0.4) is 0 Å². The van der Waals surface area contributed by atoms with E-state index in [1.54, 1.807) is 0 Å². The summed E-state index contributed by atoms with van der Waals surface area (Å²) in [6.45, 7) is 0. The zero-order valence-electron chi connectivity index (χ0n) is 27.5. The quantitative estimate of drug-likeness (QED) is 0.174. The molecule has 10 aromatic rings. The fourth-order valence-electron chi connectivity index (χ4n) is 7.19. The highest BCUT2D eigenvalue weighted by Gasteiger charge is 2.18. The molecule has 0 fully saturated rings. The van der Waals surface area contributed by atoms with E-state index in [4.69, 9.17) is 19.4 Å². The molecule has 0 atom stereocenters. The van der Waals surface area contributed by atoms with E-state index in [1.165, 1.54) is 11.1 Å². The molecule has 0 unspecified atom stereocenters. The van der Waals surface area contributed by atoms with Gasteiger partial charge in [-0.2, -0.15) is 0 Å². The summed E-state index contributed by atoms with van der Waals surface area (Å²) in [4.78, 5) is 15.3. The Labute approximate surface area is 294 Å². The van der Waals surface area contributed by atoms with Crippen molar-refractivity contribution in [2.45, 2.75) is 0 Å². The SMILES string of the molecule is c1ccc(-c2ccc(-c3nc(-c4ccc(-c5ccccc5)cc4)nc(-c4ccc5c6ccccc6c6oc7ccccc7c6c5c4)n3)cc2)cc1. The van der Waals surface area contributed by atoms with Gasteiger partial charge in [0.15, 0.2) is 17.5 Å². The van der Waals surface area contributed by atoms with Crippen LogP contribution in [-0.2, 0) is 0 Å². The van der Waals surface area contributed by atoms with Crippen LogP contribution in [0.4, 0.5) is 0 Å². The van der Waals surface area contributed by atoms with Gasteiger partial charge in [0.25, 0.3) is 0 Å². The van der Waals surface area contributed by atoms with E-state index in [0.29, 0.717) is 17.5 Å². The Morgan fingerprint density at radius 1 is 0.294 bits per heavy atom. The second-order valence-electron chi connectivity index (χ2n) is 12.8. The van der Waals surface area contributed by atoms with Crippen molar-refractivity contribution < 1.29 is 4.42 Å². The van der Waals surface area contributed by atoms with Crippen molar-refractivity contribution in [3.05, 3.63) is 176 Å². The Morgan fingerprint density at radius 2 is 0.706 bits per heavy atom. The number of furan rings is 1. The van der Waals surface area contributed by atoms with Gasteiger partial charge >= 0.3 is 0 Å². The Bertz CT molecular complexity index is 2780. The van der Waals surface area contributed by atoms with Crippen LogP contribution in [0.5, 0.6) is 0 Å².